The van der Waals surface area contributed by atoms with Crippen LogP contribution in [0.2, 0.25) is 10.2 Å². The molecule has 3 aromatic rings. The summed E-state index contributed by atoms with van der Waals surface area (Å²) in [5.74, 6) is 1.32. The molecule has 0 aliphatic rings. The molecule has 0 aliphatic heterocycles. The van der Waals surface area contributed by atoms with E-state index in [2.05, 4.69) is 9.97 Å². The van der Waals surface area contributed by atoms with E-state index in [1.54, 1.807) is 7.11 Å². The van der Waals surface area contributed by atoms with E-state index in [0.717, 1.165) is 22.3 Å². The highest BCUT2D eigenvalue weighted by atomic mass is 35.5. The highest BCUT2D eigenvalue weighted by molar-refractivity contribution is 6.38. The molecule has 0 aliphatic carbocycles. The van der Waals surface area contributed by atoms with Crippen LogP contribution in [0.1, 0.15) is 5.56 Å². The Hall–Kier alpha value is -1.84. The fraction of sp³-hybridized carbons (Fsp3) is 0.125. The lowest BCUT2D eigenvalue weighted by molar-refractivity contribution is 0.415. The summed E-state index contributed by atoms with van der Waals surface area (Å²) in [6, 6.07) is 11.2. The SMILES string of the molecule is COc1ccc(-c2nc(Cl)c3c(C)ccc(Cl)c3n2)cc1. The predicted octanol–water partition coefficient (Wildman–Crippen LogP) is 4.92. The van der Waals surface area contributed by atoms with Crippen LogP contribution < -0.4 is 4.74 Å². The average Bonchev–Trinajstić information content (AvgIpc) is 2.50. The number of methoxy groups -OCH3 is 1. The highest BCUT2D eigenvalue weighted by Gasteiger charge is 2.12. The second kappa shape index (κ2) is 5.51. The van der Waals surface area contributed by atoms with E-state index < -0.39 is 0 Å². The zero-order valence-corrected chi connectivity index (χ0v) is 13.0. The van der Waals surface area contributed by atoms with Crippen molar-refractivity contribution in [3.63, 3.8) is 0 Å². The topological polar surface area (TPSA) is 35.0 Å². The molecule has 3 nitrogen and oxygen atoms in total. The minimum absolute atomic E-state index is 0.408. The normalized spacial score (nSPS) is 10.9. The van der Waals surface area contributed by atoms with E-state index in [4.69, 9.17) is 27.9 Å². The second-order valence-corrected chi connectivity index (χ2v) is 5.42. The molecule has 0 spiro atoms. The predicted molar refractivity (Wildman–Crippen MR) is 86.3 cm³/mol. The molecule has 0 fully saturated rings. The van der Waals surface area contributed by atoms with Gasteiger partial charge in [-0.05, 0) is 42.8 Å². The number of benzene rings is 2. The molecule has 0 amide bonds. The number of fused-ring (bicyclic) bond motifs is 1. The molecule has 0 unspecified atom stereocenters. The van der Waals surface area contributed by atoms with Crippen LogP contribution in [-0.2, 0) is 0 Å². The van der Waals surface area contributed by atoms with Crippen LogP contribution in [0.15, 0.2) is 36.4 Å². The quantitative estimate of drug-likeness (QED) is 0.629. The van der Waals surface area contributed by atoms with Gasteiger partial charge in [-0.1, -0.05) is 29.3 Å². The Morgan fingerprint density at radius 3 is 2.33 bits per heavy atom. The summed E-state index contributed by atoms with van der Waals surface area (Å²) in [4.78, 5) is 8.94. The molecule has 0 bridgehead atoms. The van der Waals surface area contributed by atoms with E-state index in [9.17, 15) is 0 Å². The zero-order valence-electron chi connectivity index (χ0n) is 11.5. The standard InChI is InChI=1S/C16H12Cl2N2O/c1-9-3-8-12(17)14-13(9)15(18)20-16(19-14)10-4-6-11(21-2)7-5-10/h3-8H,1-2H3. The first-order valence-corrected chi connectivity index (χ1v) is 7.12. The number of aromatic nitrogens is 2. The number of hydrogen-bond donors (Lipinski definition) is 0. The summed E-state index contributed by atoms with van der Waals surface area (Å²) < 4.78 is 5.15. The maximum atomic E-state index is 6.31. The van der Waals surface area contributed by atoms with Crippen LogP contribution in [-0.4, -0.2) is 17.1 Å². The third-order valence-electron chi connectivity index (χ3n) is 3.31. The van der Waals surface area contributed by atoms with Crippen LogP contribution in [0.5, 0.6) is 5.75 Å². The summed E-state index contributed by atoms with van der Waals surface area (Å²) in [6.07, 6.45) is 0. The number of rotatable bonds is 2. The van der Waals surface area contributed by atoms with Gasteiger partial charge in [-0.3, -0.25) is 0 Å². The van der Waals surface area contributed by atoms with Crippen molar-refractivity contribution >= 4 is 34.1 Å². The first kappa shape index (κ1) is 14.1. The van der Waals surface area contributed by atoms with Crippen molar-refractivity contribution < 1.29 is 4.74 Å². The zero-order chi connectivity index (χ0) is 15.0. The lowest BCUT2D eigenvalue weighted by Gasteiger charge is -2.08. The van der Waals surface area contributed by atoms with Crippen LogP contribution >= 0.6 is 23.2 Å². The van der Waals surface area contributed by atoms with Gasteiger partial charge in [0.05, 0.1) is 17.6 Å². The van der Waals surface area contributed by atoms with Crippen molar-refractivity contribution in [1.82, 2.24) is 9.97 Å². The molecule has 106 valence electrons. The number of halogens is 2. The second-order valence-electron chi connectivity index (χ2n) is 4.65. The summed E-state index contributed by atoms with van der Waals surface area (Å²) in [5.41, 5.74) is 2.53. The molecular weight excluding hydrogens is 307 g/mol. The Bertz CT molecular complexity index is 817. The van der Waals surface area contributed by atoms with Crippen molar-refractivity contribution in [1.29, 1.82) is 0 Å². The summed E-state index contributed by atoms with van der Waals surface area (Å²) in [5, 5.41) is 1.77. The fourth-order valence-corrected chi connectivity index (χ4v) is 2.70. The summed E-state index contributed by atoms with van der Waals surface area (Å²) >= 11 is 12.6. The Morgan fingerprint density at radius 2 is 1.67 bits per heavy atom. The van der Waals surface area contributed by atoms with Crippen LogP contribution in [0, 0.1) is 6.92 Å². The molecule has 2 aromatic carbocycles. The van der Waals surface area contributed by atoms with Crippen LogP contribution in [0.3, 0.4) is 0 Å². The van der Waals surface area contributed by atoms with Crippen molar-refractivity contribution in [3.8, 4) is 17.1 Å². The summed E-state index contributed by atoms with van der Waals surface area (Å²) in [6.45, 7) is 1.96. The van der Waals surface area contributed by atoms with Gasteiger partial charge in [-0.15, -0.1) is 0 Å². The molecule has 0 N–H and O–H groups in total. The van der Waals surface area contributed by atoms with Crippen LogP contribution in [0.25, 0.3) is 22.3 Å². The first-order chi connectivity index (χ1) is 10.1. The third-order valence-corrected chi connectivity index (χ3v) is 3.89. The molecule has 0 saturated heterocycles. The molecule has 3 rings (SSSR count). The van der Waals surface area contributed by atoms with E-state index in [1.165, 1.54) is 0 Å². The van der Waals surface area contributed by atoms with Crippen molar-refractivity contribution in [2.24, 2.45) is 0 Å². The van der Waals surface area contributed by atoms with Gasteiger partial charge in [0.25, 0.3) is 0 Å². The van der Waals surface area contributed by atoms with Crippen LogP contribution in [0.4, 0.5) is 0 Å². The maximum Gasteiger partial charge on any atom is 0.161 e. The van der Waals surface area contributed by atoms with E-state index >= 15 is 0 Å². The summed E-state index contributed by atoms with van der Waals surface area (Å²) in [7, 11) is 1.63. The molecule has 1 aromatic heterocycles. The van der Waals surface area contributed by atoms with Gasteiger partial charge in [-0.2, -0.15) is 0 Å². The van der Waals surface area contributed by atoms with Gasteiger partial charge in [0.1, 0.15) is 10.9 Å². The van der Waals surface area contributed by atoms with Gasteiger partial charge in [0.2, 0.25) is 0 Å². The Morgan fingerprint density at radius 1 is 0.952 bits per heavy atom. The van der Waals surface area contributed by atoms with E-state index in [1.807, 2.05) is 43.3 Å². The molecule has 5 heteroatoms. The Labute approximate surface area is 132 Å². The molecule has 1 heterocycles. The number of aryl methyl sites for hydroxylation is 1. The van der Waals surface area contributed by atoms with Gasteiger partial charge in [0.15, 0.2) is 5.82 Å². The smallest absolute Gasteiger partial charge is 0.161 e. The molecule has 0 radical (unpaired) electrons. The highest BCUT2D eigenvalue weighted by Crippen LogP contribution is 2.31. The molecular formula is C16H12Cl2N2O. The lowest BCUT2D eigenvalue weighted by atomic mass is 10.1. The van der Waals surface area contributed by atoms with Crippen molar-refractivity contribution in [3.05, 3.63) is 52.1 Å². The minimum atomic E-state index is 0.408. The van der Waals surface area contributed by atoms with Crippen molar-refractivity contribution in [2.75, 3.05) is 7.11 Å². The number of ether oxygens (including phenoxy) is 1. The average molecular weight is 319 g/mol. The lowest BCUT2D eigenvalue weighted by Crippen LogP contribution is -1.94. The molecule has 21 heavy (non-hydrogen) atoms. The minimum Gasteiger partial charge on any atom is -0.497 e. The largest absolute Gasteiger partial charge is 0.497 e. The van der Waals surface area contributed by atoms with Crippen molar-refractivity contribution in [2.45, 2.75) is 6.92 Å². The molecule has 0 saturated carbocycles. The first-order valence-electron chi connectivity index (χ1n) is 6.37. The number of nitrogens with zero attached hydrogens (tertiary/aromatic N) is 2. The maximum absolute atomic E-state index is 6.31. The van der Waals surface area contributed by atoms with E-state index in [0.29, 0.717) is 21.5 Å². The number of hydrogen-bond acceptors (Lipinski definition) is 3. The Balaban J connectivity index is 2.22. The molecule has 0 atom stereocenters. The van der Waals surface area contributed by atoms with Gasteiger partial charge < -0.3 is 4.74 Å². The van der Waals surface area contributed by atoms with E-state index in [-0.39, 0.29) is 0 Å². The van der Waals surface area contributed by atoms with Gasteiger partial charge in [0, 0.05) is 10.9 Å². The third kappa shape index (κ3) is 2.55. The Kier molecular flexibility index (Phi) is 3.70. The fourth-order valence-electron chi connectivity index (χ4n) is 2.19. The monoisotopic (exact) mass is 318 g/mol. The van der Waals surface area contributed by atoms with Gasteiger partial charge in [-0.25, -0.2) is 9.97 Å². The van der Waals surface area contributed by atoms with Gasteiger partial charge >= 0.3 is 0 Å².